The van der Waals surface area contributed by atoms with Crippen LogP contribution in [0.5, 0.6) is 0 Å². The zero-order chi connectivity index (χ0) is 12.4. The Balaban J connectivity index is 2.00. The second kappa shape index (κ2) is 4.50. The van der Waals surface area contributed by atoms with Crippen LogP contribution in [0.1, 0.15) is 16.8 Å². The van der Waals surface area contributed by atoms with Gasteiger partial charge in [0.2, 0.25) is 0 Å². The van der Waals surface area contributed by atoms with E-state index in [0.29, 0.717) is 0 Å². The summed E-state index contributed by atoms with van der Waals surface area (Å²) in [5, 5.41) is 0.954. The van der Waals surface area contributed by atoms with Crippen molar-refractivity contribution >= 4 is 11.9 Å². The Morgan fingerprint density at radius 2 is 2.18 bits per heavy atom. The molecular formula is C11H10FNO4. The van der Waals surface area contributed by atoms with Crippen molar-refractivity contribution in [1.82, 2.24) is 5.06 Å². The van der Waals surface area contributed by atoms with Gasteiger partial charge in [-0.15, -0.1) is 0 Å². The summed E-state index contributed by atoms with van der Waals surface area (Å²) >= 11 is 0. The predicted molar refractivity (Wildman–Crippen MR) is 54.1 cm³/mol. The molecule has 5 nitrogen and oxygen atoms in total. The minimum absolute atomic E-state index is 0.0588. The summed E-state index contributed by atoms with van der Waals surface area (Å²) in [4.78, 5) is 27.5. The quantitative estimate of drug-likeness (QED) is 0.585. The number of methoxy groups -OCH3 is 1. The minimum Gasteiger partial charge on any atom is -0.469 e. The molecule has 1 amide bonds. The number of hydrogen-bond acceptors (Lipinski definition) is 4. The molecule has 6 heteroatoms. The summed E-state index contributed by atoms with van der Waals surface area (Å²) in [6.45, 7) is 0. The van der Waals surface area contributed by atoms with E-state index in [9.17, 15) is 14.0 Å². The van der Waals surface area contributed by atoms with Crippen LogP contribution in [0.15, 0.2) is 24.3 Å². The maximum atomic E-state index is 13.3. The van der Waals surface area contributed by atoms with E-state index in [1.165, 1.54) is 25.3 Å². The lowest BCUT2D eigenvalue weighted by atomic mass is 10.2. The summed E-state index contributed by atoms with van der Waals surface area (Å²) < 4.78 is 17.7. The second-order valence-electron chi connectivity index (χ2n) is 3.45. The molecular weight excluding hydrogens is 229 g/mol. The first-order valence-electron chi connectivity index (χ1n) is 4.95. The van der Waals surface area contributed by atoms with Gasteiger partial charge in [0, 0.05) is 0 Å². The van der Waals surface area contributed by atoms with Gasteiger partial charge in [-0.1, -0.05) is 12.1 Å². The lowest BCUT2D eigenvalue weighted by Crippen LogP contribution is -2.17. The van der Waals surface area contributed by atoms with Gasteiger partial charge in [-0.25, -0.2) is 9.23 Å². The van der Waals surface area contributed by atoms with E-state index in [1.54, 1.807) is 6.07 Å². The van der Waals surface area contributed by atoms with E-state index in [2.05, 4.69) is 4.74 Å². The van der Waals surface area contributed by atoms with Crippen molar-refractivity contribution in [2.45, 2.75) is 12.6 Å². The van der Waals surface area contributed by atoms with Gasteiger partial charge in [-0.2, -0.15) is 5.06 Å². The highest BCUT2D eigenvalue weighted by molar-refractivity contribution is 5.95. The molecule has 1 saturated heterocycles. The SMILES string of the molecule is COC(=O)CC1ON1C(=O)c1ccccc1F. The van der Waals surface area contributed by atoms with Gasteiger partial charge >= 0.3 is 5.97 Å². The molecule has 0 saturated carbocycles. The molecule has 0 aromatic heterocycles. The molecule has 90 valence electrons. The molecule has 17 heavy (non-hydrogen) atoms. The molecule has 0 radical (unpaired) electrons. The molecule has 1 atom stereocenters. The molecule has 1 aliphatic heterocycles. The van der Waals surface area contributed by atoms with Crippen LogP contribution < -0.4 is 0 Å². The molecule has 1 heterocycles. The van der Waals surface area contributed by atoms with Crippen molar-refractivity contribution in [2.75, 3.05) is 7.11 Å². The fourth-order valence-electron chi connectivity index (χ4n) is 1.38. The molecule has 1 aliphatic rings. The third kappa shape index (κ3) is 2.42. The van der Waals surface area contributed by atoms with Gasteiger partial charge in [0.25, 0.3) is 5.91 Å². The number of hydroxylamine groups is 2. The Morgan fingerprint density at radius 1 is 1.47 bits per heavy atom. The summed E-state index contributed by atoms with van der Waals surface area (Å²) in [6.07, 6.45) is -0.717. The monoisotopic (exact) mass is 239 g/mol. The van der Waals surface area contributed by atoms with Gasteiger partial charge in [-0.05, 0) is 12.1 Å². The van der Waals surface area contributed by atoms with E-state index in [-0.39, 0.29) is 12.0 Å². The highest BCUT2D eigenvalue weighted by Crippen LogP contribution is 2.27. The molecule has 2 rings (SSSR count). The number of ether oxygens (including phenoxy) is 1. The summed E-state index contributed by atoms with van der Waals surface area (Å²) in [5.41, 5.74) is -0.0835. The Labute approximate surface area is 96.7 Å². The van der Waals surface area contributed by atoms with E-state index in [1.807, 2.05) is 0 Å². The van der Waals surface area contributed by atoms with Gasteiger partial charge in [-0.3, -0.25) is 9.59 Å². The smallest absolute Gasteiger partial charge is 0.310 e. The fourth-order valence-corrected chi connectivity index (χ4v) is 1.38. The standard InChI is InChI=1S/C11H10FNO4/c1-16-10(14)6-9-13(17-9)11(15)7-4-2-3-5-8(7)12/h2-5,9H,6H2,1H3. The third-order valence-electron chi connectivity index (χ3n) is 2.32. The number of carbonyl (C=O) groups is 2. The van der Waals surface area contributed by atoms with Gasteiger partial charge in [0.15, 0.2) is 6.23 Å². The normalized spacial score (nSPS) is 17.8. The van der Waals surface area contributed by atoms with E-state index in [4.69, 9.17) is 4.84 Å². The molecule has 0 N–H and O–H groups in total. The molecule has 1 aromatic carbocycles. The average molecular weight is 239 g/mol. The number of rotatable bonds is 3. The van der Waals surface area contributed by atoms with E-state index >= 15 is 0 Å². The zero-order valence-corrected chi connectivity index (χ0v) is 9.05. The van der Waals surface area contributed by atoms with Crippen LogP contribution in [0.3, 0.4) is 0 Å². The minimum atomic E-state index is -0.658. The van der Waals surface area contributed by atoms with Crippen molar-refractivity contribution in [3.05, 3.63) is 35.6 Å². The topological polar surface area (TPSA) is 58.9 Å². The van der Waals surface area contributed by atoms with Crippen LogP contribution in [0.4, 0.5) is 4.39 Å². The Kier molecular flexibility index (Phi) is 3.06. The van der Waals surface area contributed by atoms with Crippen molar-refractivity contribution in [3.63, 3.8) is 0 Å². The fraction of sp³-hybridized carbons (Fsp3) is 0.273. The number of carbonyl (C=O) groups excluding carboxylic acids is 2. The van der Waals surface area contributed by atoms with E-state index in [0.717, 1.165) is 5.06 Å². The van der Waals surface area contributed by atoms with Crippen molar-refractivity contribution in [1.29, 1.82) is 0 Å². The molecule has 1 unspecified atom stereocenters. The number of amides is 1. The van der Waals surface area contributed by atoms with Gasteiger partial charge in [0.05, 0.1) is 19.1 Å². The highest BCUT2D eigenvalue weighted by atomic mass is 19.1. The van der Waals surface area contributed by atoms with Crippen molar-refractivity contribution in [2.24, 2.45) is 0 Å². The molecule has 1 fully saturated rings. The number of halogens is 1. The third-order valence-corrected chi connectivity index (χ3v) is 2.32. The molecule has 0 bridgehead atoms. The van der Waals surface area contributed by atoms with Crippen molar-refractivity contribution in [3.8, 4) is 0 Å². The number of esters is 1. The van der Waals surface area contributed by atoms with Crippen LogP contribution >= 0.6 is 0 Å². The summed E-state index contributed by atoms with van der Waals surface area (Å²) in [7, 11) is 1.24. The predicted octanol–water partition coefficient (Wildman–Crippen LogP) is 1.10. The van der Waals surface area contributed by atoms with Gasteiger partial charge < -0.3 is 4.74 Å². The van der Waals surface area contributed by atoms with E-state index < -0.39 is 23.9 Å². The molecule has 1 aromatic rings. The van der Waals surface area contributed by atoms with Crippen LogP contribution in [0.2, 0.25) is 0 Å². The lowest BCUT2D eigenvalue weighted by molar-refractivity contribution is -0.140. The van der Waals surface area contributed by atoms with Crippen LogP contribution in [-0.2, 0) is 14.4 Å². The Morgan fingerprint density at radius 3 is 2.82 bits per heavy atom. The summed E-state index contributed by atoms with van der Waals surface area (Å²) in [6, 6.07) is 5.58. The zero-order valence-electron chi connectivity index (χ0n) is 9.05. The second-order valence-corrected chi connectivity index (χ2v) is 3.45. The number of benzene rings is 1. The van der Waals surface area contributed by atoms with Crippen LogP contribution in [0, 0.1) is 5.82 Å². The summed E-state index contributed by atoms with van der Waals surface area (Å²) in [5.74, 6) is -1.71. The first-order valence-corrected chi connectivity index (χ1v) is 4.95. The first-order chi connectivity index (χ1) is 8.13. The molecule has 0 spiro atoms. The Bertz CT molecular complexity index is 463. The first kappa shape index (κ1) is 11.5. The largest absolute Gasteiger partial charge is 0.469 e. The lowest BCUT2D eigenvalue weighted by Gasteiger charge is -2.00. The van der Waals surface area contributed by atoms with Gasteiger partial charge in [0.1, 0.15) is 5.82 Å². The van der Waals surface area contributed by atoms with Crippen LogP contribution in [0.25, 0.3) is 0 Å². The van der Waals surface area contributed by atoms with Crippen LogP contribution in [-0.4, -0.2) is 30.3 Å². The maximum absolute atomic E-state index is 13.3. The number of nitrogens with zero attached hydrogens (tertiary/aromatic N) is 1. The molecule has 0 aliphatic carbocycles. The number of hydrogen-bond donors (Lipinski definition) is 0. The average Bonchev–Trinajstić information content (AvgIpc) is 3.08. The highest BCUT2D eigenvalue weighted by Gasteiger charge is 2.44. The maximum Gasteiger partial charge on any atom is 0.310 e. The van der Waals surface area contributed by atoms with Crippen molar-refractivity contribution < 1.29 is 23.6 Å². The Hall–Kier alpha value is -1.95.